The quantitative estimate of drug-likeness (QED) is 0.830. The van der Waals surface area contributed by atoms with Crippen molar-refractivity contribution in [1.82, 2.24) is 9.80 Å². The molecule has 6 heteroatoms. The van der Waals surface area contributed by atoms with E-state index >= 15 is 0 Å². The number of furan rings is 1. The predicted molar refractivity (Wildman–Crippen MR) is 98.5 cm³/mol. The summed E-state index contributed by atoms with van der Waals surface area (Å²) < 4.78 is 18.7. The van der Waals surface area contributed by atoms with E-state index in [1.165, 1.54) is 12.1 Å². The largest absolute Gasteiger partial charge is 0.451 e. The number of nitrogens with zero attached hydrogens (tertiary/aromatic N) is 2. The van der Waals surface area contributed by atoms with Gasteiger partial charge in [-0.2, -0.15) is 0 Å². The van der Waals surface area contributed by atoms with Gasteiger partial charge < -0.3 is 14.2 Å². The van der Waals surface area contributed by atoms with Crippen molar-refractivity contribution < 1.29 is 18.4 Å². The first kappa shape index (κ1) is 17.8. The molecule has 3 heterocycles. The Morgan fingerprint density at radius 2 is 1.56 bits per heavy atom. The molecule has 2 aliphatic heterocycles. The fraction of sp³-hybridized carbons (Fsp3) is 0.429. The standard InChI is InChI=1S/C21H23FN2O3/c22-17-5-3-15(4-6-17)18-7-8-19(27-18)21(26)24-13-9-16(10-14-24)20(25)23-11-1-2-12-23/h3-8,16H,1-2,9-14H2. The van der Waals surface area contributed by atoms with Crippen LogP contribution in [0, 0.1) is 11.7 Å². The van der Waals surface area contributed by atoms with E-state index in [4.69, 9.17) is 4.42 Å². The molecule has 1 aromatic carbocycles. The van der Waals surface area contributed by atoms with Crippen LogP contribution in [0.15, 0.2) is 40.8 Å². The van der Waals surface area contributed by atoms with Gasteiger partial charge in [0.1, 0.15) is 11.6 Å². The number of likely N-dealkylation sites (tertiary alicyclic amines) is 2. The fourth-order valence-electron chi connectivity index (χ4n) is 3.90. The molecule has 0 radical (unpaired) electrons. The highest BCUT2D eigenvalue weighted by molar-refractivity contribution is 5.92. The molecule has 2 fully saturated rings. The summed E-state index contributed by atoms with van der Waals surface area (Å²) in [7, 11) is 0. The Labute approximate surface area is 157 Å². The van der Waals surface area contributed by atoms with E-state index in [2.05, 4.69) is 0 Å². The van der Waals surface area contributed by atoms with Crippen LogP contribution in [0.3, 0.4) is 0 Å². The van der Waals surface area contributed by atoms with Gasteiger partial charge in [0.15, 0.2) is 5.76 Å². The minimum Gasteiger partial charge on any atom is -0.451 e. The summed E-state index contributed by atoms with van der Waals surface area (Å²) in [5.41, 5.74) is 0.727. The summed E-state index contributed by atoms with van der Waals surface area (Å²) in [5.74, 6) is 0.620. The number of amides is 2. The Kier molecular flexibility index (Phi) is 4.97. The molecular weight excluding hydrogens is 347 g/mol. The number of piperidine rings is 1. The number of carbonyl (C=O) groups is 2. The number of rotatable bonds is 3. The summed E-state index contributed by atoms with van der Waals surface area (Å²) in [6, 6.07) is 9.35. The molecule has 0 spiro atoms. The molecule has 0 unspecified atom stereocenters. The molecule has 2 amide bonds. The third-order valence-electron chi connectivity index (χ3n) is 5.49. The van der Waals surface area contributed by atoms with Crippen molar-refractivity contribution in [2.75, 3.05) is 26.2 Å². The lowest BCUT2D eigenvalue weighted by molar-refractivity contribution is -0.135. The monoisotopic (exact) mass is 370 g/mol. The van der Waals surface area contributed by atoms with E-state index in [0.29, 0.717) is 31.7 Å². The van der Waals surface area contributed by atoms with Crippen molar-refractivity contribution in [3.05, 3.63) is 48.0 Å². The van der Waals surface area contributed by atoms with E-state index < -0.39 is 0 Å². The number of hydrogen-bond donors (Lipinski definition) is 0. The van der Waals surface area contributed by atoms with Gasteiger partial charge in [-0.15, -0.1) is 0 Å². The maximum absolute atomic E-state index is 13.0. The Morgan fingerprint density at radius 1 is 0.889 bits per heavy atom. The lowest BCUT2D eigenvalue weighted by Crippen LogP contribution is -2.43. The van der Waals surface area contributed by atoms with Crippen LogP contribution in [0.1, 0.15) is 36.2 Å². The second-order valence-corrected chi connectivity index (χ2v) is 7.27. The molecule has 0 N–H and O–H groups in total. The van der Waals surface area contributed by atoms with Gasteiger partial charge in [-0.1, -0.05) is 0 Å². The molecule has 0 saturated carbocycles. The average Bonchev–Trinajstić information content (AvgIpc) is 3.40. The van der Waals surface area contributed by atoms with E-state index in [1.807, 2.05) is 4.90 Å². The molecule has 0 bridgehead atoms. The molecule has 142 valence electrons. The summed E-state index contributed by atoms with van der Waals surface area (Å²) >= 11 is 0. The van der Waals surface area contributed by atoms with Gasteiger partial charge in [0, 0.05) is 37.7 Å². The van der Waals surface area contributed by atoms with Crippen molar-refractivity contribution in [2.45, 2.75) is 25.7 Å². The van der Waals surface area contributed by atoms with Crippen LogP contribution in [0.4, 0.5) is 4.39 Å². The maximum Gasteiger partial charge on any atom is 0.289 e. The lowest BCUT2D eigenvalue weighted by Gasteiger charge is -2.32. The predicted octanol–water partition coefficient (Wildman–Crippen LogP) is 3.56. The second-order valence-electron chi connectivity index (χ2n) is 7.27. The molecule has 4 rings (SSSR count). The number of halogens is 1. The SMILES string of the molecule is O=C(c1ccc(-c2ccc(F)cc2)o1)N1CCC(C(=O)N2CCCC2)CC1. The first-order valence-electron chi connectivity index (χ1n) is 9.55. The Balaban J connectivity index is 1.37. The first-order valence-corrected chi connectivity index (χ1v) is 9.55. The molecule has 0 aliphatic carbocycles. The minimum atomic E-state index is -0.312. The molecule has 0 atom stereocenters. The Morgan fingerprint density at radius 3 is 2.22 bits per heavy atom. The molecule has 2 aliphatic rings. The topological polar surface area (TPSA) is 53.8 Å². The third-order valence-corrected chi connectivity index (χ3v) is 5.49. The van der Waals surface area contributed by atoms with Crippen molar-refractivity contribution >= 4 is 11.8 Å². The van der Waals surface area contributed by atoms with Crippen LogP contribution >= 0.6 is 0 Å². The molecule has 5 nitrogen and oxygen atoms in total. The highest BCUT2D eigenvalue weighted by atomic mass is 19.1. The van der Waals surface area contributed by atoms with E-state index in [9.17, 15) is 14.0 Å². The summed E-state index contributed by atoms with van der Waals surface area (Å²) in [5, 5.41) is 0. The minimum absolute atomic E-state index is 0.0264. The van der Waals surface area contributed by atoms with E-state index in [0.717, 1.165) is 31.5 Å². The highest BCUT2D eigenvalue weighted by Crippen LogP contribution is 2.26. The molecule has 27 heavy (non-hydrogen) atoms. The van der Waals surface area contributed by atoms with Crippen molar-refractivity contribution in [3.63, 3.8) is 0 Å². The fourth-order valence-corrected chi connectivity index (χ4v) is 3.90. The number of benzene rings is 1. The number of hydrogen-bond acceptors (Lipinski definition) is 3. The van der Waals surface area contributed by atoms with Gasteiger partial charge in [-0.05, 0) is 62.1 Å². The van der Waals surface area contributed by atoms with Gasteiger partial charge in [0.25, 0.3) is 5.91 Å². The highest BCUT2D eigenvalue weighted by Gasteiger charge is 2.32. The van der Waals surface area contributed by atoms with Crippen molar-refractivity contribution in [1.29, 1.82) is 0 Å². The van der Waals surface area contributed by atoms with Crippen LogP contribution in [0.2, 0.25) is 0 Å². The van der Waals surface area contributed by atoms with Crippen LogP contribution in [0.5, 0.6) is 0 Å². The van der Waals surface area contributed by atoms with Crippen LogP contribution in [-0.4, -0.2) is 47.8 Å². The average molecular weight is 370 g/mol. The molecule has 2 saturated heterocycles. The third kappa shape index (κ3) is 3.75. The van der Waals surface area contributed by atoms with Gasteiger partial charge in [-0.25, -0.2) is 4.39 Å². The Bertz CT molecular complexity index is 816. The summed E-state index contributed by atoms with van der Waals surface area (Å²) in [6.45, 7) is 2.87. The summed E-state index contributed by atoms with van der Waals surface area (Å²) in [6.07, 6.45) is 3.59. The van der Waals surface area contributed by atoms with Crippen molar-refractivity contribution in [3.8, 4) is 11.3 Å². The zero-order valence-electron chi connectivity index (χ0n) is 15.2. The molecular formula is C21H23FN2O3. The molecule has 1 aromatic heterocycles. The molecule has 2 aromatic rings. The van der Waals surface area contributed by atoms with Crippen LogP contribution < -0.4 is 0 Å². The smallest absolute Gasteiger partial charge is 0.289 e. The first-order chi connectivity index (χ1) is 13.1. The van der Waals surface area contributed by atoms with Gasteiger partial charge in [-0.3, -0.25) is 9.59 Å². The zero-order chi connectivity index (χ0) is 18.8. The van der Waals surface area contributed by atoms with Crippen LogP contribution in [-0.2, 0) is 4.79 Å². The zero-order valence-corrected chi connectivity index (χ0v) is 15.2. The van der Waals surface area contributed by atoms with Gasteiger partial charge in [0.2, 0.25) is 5.91 Å². The maximum atomic E-state index is 13.0. The second kappa shape index (κ2) is 7.55. The van der Waals surface area contributed by atoms with E-state index in [1.54, 1.807) is 29.2 Å². The lowest BCUT2D eigenvalue weighted by atomic mass is 9.95. The Hall–Kier alpha value is -2.63. The van der Waals surface area contributed by atoms with Gasteiger partial charge in [0.05, 0.1) is 0 Å². The van der Waals surface area contributed by atoms with Gasteiger partial charge >= 0.3 is 0 Å². The van der Waals surface area contributed by atoms with E-state index in [-0.39, 0.29) is 29.3 Å². The summed E-state index contributed by atoms with van der Waals surface area (Å²) in [4.78, 5) is 28.9. The number of carbonyl (C=O) groups excluding carboxylic acids is 2. The van der Waals surface area contributed by atoms with Crippen LogP contribution in [0.25, 0.3) is 11.3 Å². The normalized spacial score (nSPS) is 18.1. The van der Waals surface area contributed by atoms with Crippen molar-refractivity contribution in [2.24, 2.45) is 5.92 Å².